The number of amides is 1. The summed E-state index contributed by atoms with van der Waals surface area (Å²) >= 11 is 4.92. The molecule has 1 aromatic heterocycles. The van der Waals surface area contributed by atoms with Gasteiger partial charge in [-0.3, -0.25) is 4.79 Å². The maximum Gasteiger partial charge on any atom is 0.225 e. The summed E-state index contributed by atoms with van der Waals surface area (Å²) in [7, 11) is 0. The van der Waals surface area contributed by atoms with Crippen molar-refractivity contribution in [3.05, 3.63) is 18.0 Å². The number of carbonyl (C=O) groups excluding carboxylic acids is 1. The third kappa shape index (κ3) is 3.37. The zero-order valence-electron chi connectivity index (χ0n) is 10.9. The molecule has 19 heavy (non-hydrogen) atoms. The SMILES string of the molecule is CC(=O)N1CCCN(c2nccc(C(N)=S)n2)CC1. The predicted octanol–water partition coefficient (Wildman–Crippen LogP) is 0.169. The summed E-state index contributed by atoms with van der Waals surface area (Å²) in [4.78, 5) is 24.2. The monoisotopic (exact) mass is 279 g/mol. The molecule has 0 aromatic carbocycles. The molecule has 2 rings (SSSR count). The van der Waals surface area contributed by atoms with Crippen molar-refractivity contribution in [2.75, 3.05) is 31.1 Å². The van der Waals surface area contributed by atoms with Crippen LogP contribution in [-0.2, 0) is 4.79 Å². The summed E-state index contributed by atoms with van der Waals surface area (Å²) in [5.41, 5.74) is 6.15. The van der Waals surface area contributed by atoms with Crippen LogP contribution < -0.4 is 10.6 Å². The first-order chi connectivity index (χ1) is 9.08. The minimum absolute atomic E-state index is 0.111. The number of rotatable bonds is 2. The van der Waals surface area contributed by atoms with Crippen LogP contribution >= 0.6 is 12.2 Å². The van der Waals surface area contributed by atoms with Gasteiger partial charge in [-0.2, -0.15) is 0 Å². The Hall–Kier alpha value is -1.76. The molecule has 1 aliphatic rings. The molecule has 0 spiro atoms. The molecule has 0 bridgehead atoms. The minimum atomic E-state index is 0.111. The van der Waals surface area contributed by atoms with Crippen molar-refractivity contribution in [3.8, 4) is 0 Å². The van der Waals surface area contributed by atoms with Gasteiger partial charge < -0.3 is 15.5 Å². The smallest absolute Gasteiger partial charge is 0.225 e. The van der Waals surface area contributed by atoms with Gasteiger partial charge in [0, 0.05) is 39.3 Å². The lowest BCUT2D eigenvalue weighted by atomic mass is 10.4. The molecule has 0 atom stereocenters. The van der Waals surface area contributed by atoms with Gasteiger partial charge in [-0.15, -0.1) is 0 Å². The topological polar surface area (TPSA) is 75.4 Å². The van der Waals surface area contributed by atoms with Crippen molar-refractivity contribution in [2.45, 2.75) is 13.3 Å². The van der Waals surface area contributed by atoms with Gasteiger partial charge in [-0.25, -0.2) is 9.97 Å². The van der Waals surface area contributed by atoms with Crippen LogP contribution in [0.25, 0.3) is 0 Å². The molecule has 1 saturated heterocycles. The largest absolute Gasteiger partial charge is 0.388 e. The average Bonchev–Trinajstić information content (AvgIpc) is 2.64. The first-order valence-corrected chi connectivity index (χ1v) is 6.62. The van der Waals surface area contributed by atoms with Crippen molar-refractivity contribution < 1.29 is 4.79 Å². The van der Waals surface area contributed by atoms with E-state index >= 15 is 0 Å². The third-order valence-electron chi connectivity index (χ3n) is 3.12. The summed E-state index contributed by atoms with van der Waals surface area (Å²) < 4.78 is 0. The van der Waals surface area contributed by atoms with Crippen LogP contribution in [0, 0.1) is 0 Å². The Morgan fingerprint density at radius 1 is 1.37 bits per heavy atom. The van der Waals surface area contributed by atoms with Gasteiger partial charge in [0.1, 0.15) is 10.7 Å². The molecule has 1 amide bonds. The van der Waals surface area contributed by atoms with Gasteiger partial charge in [-0.05, 0) is 12.5 Å². The summed E-state index contributed by atoms with van der Waals surface area (Å²) in [5, 5.41) is 0. The highest BCUT2D eigenvalue weighted by Crippen LogP contribution is 2.11. The highest BCUT2D eigenvalue weighted by Gasteiger charge is 2.18. The second-order valence-electron chi connectivity index (χ2n) is 4.45. The molecule has 1 fully saturated rings. The summed E-state index contributed by atoms with van der Waals surface area (Å²) in [5.74, 6) is 0.732. The quantitative estimate of drug-likeness (QED) is 0.778. The number of anilines is 1. The molecule has 2 N–H and O–H groups in total. The van der Waals surface area contributed by atoms with Gasteiger partial charge in [-0.1, -0.05) is 12.2 Å². The Morgan fingerprint density at radius 3 is 2.84 bits per heavy atom. The number of nitrogens with zero attached hydrogens (tertiary/aromatic N) is 4. The van der Waals surface area contributed by atoms with Gasteiger partial charge in [0.2, 0.25) is 11.9 Å². The van der Waals surface area contributed by atoms with Crippen molar-refractivity contribution in [3.63, 3.8) is 0 Å². The molecule has 1 aliphatic heterocycles. The van der Waals surface area contributed by atoms with E-state index in [4.69, 9.17) is 18.0 Å². The zero-order chi connectivity index (χ0) is 13.8. The van der Waals surface area contributed by atoms with Crippen molar-refractivity contribution in [1.82, 2.24) is 14.9 Å². The fraction of sp³-hybridized carbons (Fsp3) is 0.500. The molecule has 1 aromatic rings. The van der Waals surface area contributed by atoms with E-state index in [-0.39, 0.29) is 10.9 Å². The Morgan fingerprint density at radius 2 is 2.16 bits per heavy atom. The van der Waals surface area contributed by atoms with Gasteiger partial charge in [0.25, 0.3) is 0 Å². The van der Waals surface area contributed by atoms with Gasteiger partial charge >= 0.3 is 0 Å². The number of thiocarbonyl (C=S) groups is 1. The van der Waals surface area contributed by atoms with E-state index in [2.05, 4.69) is 14.9 Å². The van der Waals surface area contributed by atoms with Crippen LogP contribution in [0.15, 0.2) is 12.3 Å². The molecule has 102 valence electrons. The van der Waals surface area contributed by atoms with Crippen molar-refractivity contribution >= 4 is 29.1 Å². The maximum atomic E-state index is 11.4. The highest BCUT2D eigenvalue weighted by atomic mass is 32.1. The second-order valence-corrected chi connectivity index (χ2v) is 4.89. The number of carbonyl (C=O) groups is 1. The normalized spacial score (nSPS) is 16.1. The lowest BCUT2D eigenvalue weighted by Gasteiger charge is -2.21. The number of hydrogen-bond acceptors (Lipinski definition) is 5. The maximum absolute atomic E-state index is 11.4. The van der Waals surface area contributed by atoms with E-state index in [1.807, 2.05) is 4.90 Å². The first-order valence-electron chi connectivity index (χ1n) is 6.21. The Kier molecular flexibility index (Phi) is 4.26. The molecule has 0 aliphatic carbocycles. The summed E-state index contributed by atoms with van der Waals surface area (Å²) in [6.07, 6.45) is 2.56. The van der Waals surface area contributed by atoms with Crippen molar-refractivity contribution in [2.24, 2.45) is 5.73 Å². The number of hydrogen-bond donors (Lipinski definition) is 1. The molecule has 0 radical (unpaired) electrons. The Balaban J connectivity index is 2.12. The van der Waals surface area contributed by atoms with Gasteiger partial charge in [0.15, 0.2) is 0 Å². The molecule has 7 heteroatoms. The van der Waals surface area contributed by atoms with Crippen LogP contribution in [0.2, 0.25) is 0 Å². The fourth-order valence-corrected chi connectivity index (χ4v) is 2.18. The highest BCUT2D eigenvalue weighted by molar-refractivity contribution is 7.80. The molecule has 2 heterocycles. The standard InChI is InChI=1S/C12H17N5OS/c1-9(18)16-5-2-6-17(8-7-16)12-14-4-3-10(15-12)11(13)19/h3-4H,2,5-8H2,1H3,(H2,13,19). The second kappa shape index (κ2) is 5.92. The van der Waals surface area contributed by atoms with E-state index in [0.29, 0.717) is 18.2 Å². The van der Waals surface area contributed by atoms with Crippen LogP contribution in [-0.4, -0.2) is 51.9 Å². The number of nitrogens with two attached hydrogens (primary N) is 1. The molecular formula is C12H17N5OS. The minimum Gasteiger partial charge on any atom is -0.388 e. The molecule has 6 nitrogen and oxygen atoms in total. The van der Waals surface area contributed by atoms with E-state index < -0.39 is 0 Å². The van der Waals surface area contributed by atoms with Crippen LogP contribution in [0.1, 0.15) is 19.0 Å². The zero-order valence-corrected chi connectivity index (χ0v) is 11.7. The van der Waals surface area contributed by atoms with Crippen LogP contribution in [0.5, 0.6) is 0 Å². The Labute approximate surface area is 117 Å². The molecule has 0 unspecified atom stereocenters. The first kappa shape index (κ1) is 13.7. The molecule has 0 saturated carbocycles. The summed E-state index contributed by atoms with van der Waals surface area (Å²) in [6, 6.07) is 1.70. The summed E-state index contributed by atoms with van der Waals surface area (Å²) in [6.45, 7) is 4.61. The van der Waals surface area contributed by atoms with Gasteiger partial charge in [0.05, 0.1) is 0 Å². The van der Waals surface area contributed by atoms with Crippen LogP contribution in [0.4, 0.5) is 5.95 Å². The lowest BCUT2D eigenvalue weighted by Crippen LogP contribution is -2.34. The number of aromatic nitrogens is 2. The predicted molar refractivity (Wildman–Crippen MR) is 77.0 cm³/mol. The third-order valence-corrected chi connectivity index (χ3v) is 3.33. The van der Waals surface area contributed by atoms with E-state index in [0.717, 1.165) is 26.1 Å². The van der Waals surface area contributed by atoms with Crippen molar-refractivity contribution in [1.29, 1.82) is 0 Å². The molecular weight excluding hydrogens is 262 g/mol. The van der Waals surface area contributed by atoms with Crippen LogP contribution in [0.3, 0.4) is 0 Å². The lowest BCUT2D eigenvalue weighted by molar-refractivity contribution is -0.128. The average molecular weight is 279 g/mol. The van der Waals surface area contributed by atoms with E-state index in [1.54, 1.807) is 19.2 Å². The van der Waals surface area contributed by atoms with E-state index in [9.17, 15) is 4.79 Å². The fourth-order valence-electron chi connectivity index (χ4n) is 2.07. The van der Waals surface area contributed by atoms with E-state index in [1.165, 1.54) is 0 Å². The Bertz CT molecular complexity index is 493.